The van der Waals surface area contributed by atoms with Gasteiger partial charge in [0.2, 0.25) is 5.78 Å². The van der Waals surface area contributed by atoms with Crippen molar-refractivity contribution >= 4 is 17.5 Å². The zero-order valence-corrected chi connectivity index (χ0v) is 15.1. The predicted molar refractivity (Wildman–Crippen MR) is 102 cm³/mol. The Morgan fingerprint density at radius 2 is 1.21 bits per heavy atom. The lowest BCUT2D eigenvalue weighted by Gasteiger charge is -2.12. The molecule has 0 spiro atoms. The number of Topliss-reactive ketones (excluding diaryl/α,β-unsaturated/α-hetero) is 1. The van der Waals surface area contributed by atoms with E-state index in [-0.39, 0.29) is 16.9 Å². The summed E-state index contributed by atoms with van der Waals surface area (Å²) in [6, 6.07) is 19.9. The second-order valence-electron chi connectivity index (χ2n) is 6.19. The largest absolute Gasteiger partial charge is 0.451 e. The van der Waals surface area contributed by atoms with Gasteiger partial charge in [0.25, 0.3) is 0 Å². The lowest BCUT2D eigenvalue weighted by molar-refractivity contribution is 0.0318. The molecule has 0 aliphatic rings. The SMILES string of the molecule is C[C@H](OC(=O)c1ccc(C(=O)c2ccccc2)cc1)C(=O)c1ccc(F)cc1. The number of ether oxygens (including phenoxy) is 1. The Morgan fingerprint density at radius 3 is 1.82 bits per heavy atom. The highest BCUT2D eigenvalue weighted by molar-refractivity contribution is 6.09. The van der Waals surface area contributed by atoms with Crippen LogP contribution in [0, 0.1) is 5.82 Å². The normalized spacial score (nSPS) is 11.5. The minimum atomic E-state index is -1.02. The first kappa shape index (κ1) is 19.2. The molecule has 0 aliphatic carbocycles. The Labute approximate surface area is 161 Å². The van der Waals surface area contributed by atoms with Gasteiger partial charge in [0, 0.05) is 16.7 Å². The predicted octanol–water partition coefficient (Wildman–Crippen LogP) is 4.48. The summed E-state index contributed by atoms with van der Waals surface area (Å²) in [5, 5.41) is 0. The van der Waals surface area contributed by atoms with Crippen molar-refractivity contribution in [2.24, 2.45) is 0 Å². The Balaban J connectivity index is 1.66. The fraction of sp³-hybridized carbons (Fsp3) is 0.0870. The molecular formula is C23H17FO4. The molecule has 0 bridgehead atoms. The highest BCUT2D eigenvalue weighted by Crippen LogP contribution is 2.14. The third-order valence-electron chi connectivity index (χ3n) is 4.20. The van der Waals surface area contributed by atoms with Gasteiger partial charge in [-0.15, -0.1) is 0 Å². The number of esters is 1. The van der Waals surface area contributed by atoms with Crippen LogP contribution in [0.1, 0.15) is 43.6 Å². The molecule has 0 amide bonds. The van der Waals surface area contributed by atoms with E-state index in [1.165, 1.54) is 43.3 Å². The third-order valence-corrected chi connectivity index (χ3v) is 4.20. The van der Waals surface area contributed by atoms with Crippen molar-refractivity contribution in [3.63, 3.8) is 0 Å². The first-order chi connectivity index (χ1) is 13.5. The fourth-order valence-electron chi connectivity index (χ4n) is 2.64. The zero-order valence-electron chi connectivity index (χ0n) is 15.1. The van der Waals surface area contributed by atoms with E-state index in [1.54, 1.807) is 36.4 Å². The van der Waals surface area contributed by atoms with Gasteiger partial charge in [-0.25, -0.2) is 9.18 Å². The maximum atomic E-state index is 13.0. The molecule has 4 nitrogen and oxygen atoms in total. The minimum absolute atomic E-state index is 0.152. The quantitative estimate of drug-likeness (QED) is 0.470. The highest BCUT2D eigenvalue weighted by atomic mass is 19.1. The molecule has 0 fully saturated rings. The van der Waals surface area contributed by atoms with Crippen molar-refractivity contribution in [1.29, 1.82) is 0 Å². The van der Waals surface area contributed by atoms with Crippen LogP contribution in [0.5, 0.6) is 0 Å². The van der Waals surface area contributed by atoms with Crippen LogP contribution >= 0.6 is 0 Å². The Kier molecular flexibility index (Phi) is 5.75. The van der Waals surface area contributed by atoms with Crippen LogP contribution in [0.3, 0.4) is 0 Å². The molecule has 3 rings (SSSR count). The molecule has 140 valence electrons. The lowest BCUT2D eigenvalue weighted by atomic mass is 10.0. The second-order valence-corrected chi connectivity index (χ2v) is 6.19. The third kappa shape index (κ3) is 4.38. The highest BCUT2D eigenvalue weighted by Gasteiger charge is 2.20. The van der Waals surface area contributed by atoms with E-state index in [0.717, 1.165) is 0 Å². The van der Waals surface area contributed by atoms with Crippen molar-refractivity contribution in [2.75, 3.05) is 0 Å². The van der Waals surface area contributed by atoms with Gasteiger partial charge in [0.15, 0.2) is 11.9 Å². The summed E-state index contributed by atoms with van der Waals surface area (Å²) in [7, 11) is 0. The molecule has 28 heavy (non-hydrogen) atoms. The summed E-state index contributed by atoms with van der Waals surface area (Å²) in [4.78, 5) is 36.9. The molecule has 0 aromatic heterocycles. The van der Waals surface area contributed by atoms with Gasteiger partial charge in [-0.2, -0.15) is 0 Å². The van der Waals surface area contributed by atoms with Gasteiger partial charge in [-0.05, 0) is 43.3 Å². The number of carbonyl (C=O) groups is 3. The summed E-state index contributed by atoms with van der Waals surface area (Å²) in [5.74, 6) is -1.71. The molecule has 0 saturated heterocycles. The van der Waals surface area contributed by atoms with Gasteiger partial charge >= 0.3 is 5.97 Å². The van der Waals surface area contributed by atoms with E-state index in [2.05, 4.69) is 0 Å². The van der Waals surface area contributed by atoms with Crippen molar-refractivity contribution in [1.82, 2.24) is 0 Å². The number of hydrogen-bond donors (Lipinski definition) is 0. The van der Waals surface area contributed by atoms with Crippen molar-refractivity contribution in [2.45, 2.75) is 13.0 Å². The number of benzene rings is 3. The summed E-state index contributed by atoms with van der Waals surface area (Å²) in [6.45, 7) is 1.46. The van der Waals surface area contributed by atoms with E-state index in [9.17, 15) is 18.8 Å². The average Bonchev–Trinajstić information content (AvgIpc) is 2.74. The van der Waals surface area contributed by atoms with E-state index < -0.39 is 23.7 Å². The maximum Gasteiger partial charge on any atom is 0.338 e. The topological polar surface area (TPSA) is 60.4 Å². The number of carbonyl (C=O) groups excluding carboxylic acids is 3. The molecule has 5 heteroatoms. The maximum absolute atomic E-state index is 13.0. The lowest BCUT2D eigenvalue weighted by Crippen LogP contribution is -2.24. The second kappa shape index (κ2) is 8.39. The minimum Gasteiger partial charge on any atom is -0.451 e. The summed E-state index contributed by atoms with van der Waals surface area (Å²) < 4.78 is 18.2. The smallest absolute Gasteiger partial charge is 0.338 e. The Bertz CT molecular complexity index is 993. The van der Waals surface area contributed by atoms with Gasteiger partial charge < -0.3 is 4.74 Å². The summed E-state index contributed by atoms with van der Waals surface area (Å²) in [6.07, 6.45) is -1.02. The van der Waals surface area contributed by atoms with Crippen molar-refractivity contribution in [3.8, 4) is 0 Å². The van der Waals surface area contributed by atoms with Crippen LogP contribution in [0.25, 0.3) is 0 Å². The number of halogens is 1. The van der Waals surface area contributed by atoms with E-state index in [0.29, 0.717) is 11.1 Å². The monoisotopic (exact) mass is 376 g/mol. The average molecular weight is 376 g/mol. The van der Waals surface area contributed by atoms with Crippen LogP contribution in [-0.4, -0.2) is 23.6 Å². The van der Waals surface area contributed by atoms with Gasteiger partial charge in [0.05, 0.1) is 5.56 Å². The van der Waals surface area contributed by atoms with Gasteiger partial charge in [0.1, 0.15) is 5.82 Å². The number of ketones is 2. The van der Waals surface area contributed by atoms with Crippen LogP contribution < -0.4 is 0 Å². The molecule has 3 aromatic rings. The molecule has 0 unspecified atom stereocenters. The van der Waals surface area contributed by atoms with E-state index in [4.69, 9.17) is 4.74 Å². The first-order valence-corrected chi connectivity index (χ1v) is 8.66. The van der Waals surface area contributed by atoms with Crippen LogP contribution in [0.4, 0.5) is 4.39 Å². The number of rotatable bonds is 6. The molecule has 0 heterocycles. The summed E-state index contributed by atoms with van der Waals surface area (Å²) >= 11 is 0. The molecule has 3 aromatic carbocycles. The van der Waals surface area contributed by atoms with Crippen molar-refractivity contribution in [3.05, 3.63) is 107 Å². The fourth-order valence-corrected chi connectivity index (χ4v) is 2.64. The molecular weight excluding hydrogens is 359 g/mol. The first-order valence-electron chi connectivity index (χ1n) is 8.66. The van der Waals surface area contributed by atoms with Gasteiger partial charge in [-0.1, -0.05) is 42.5 Å². The standard InChI is InChI=1S/C23H17FO4/c1-15(21(25)17-11-13-20(24)14-12-17)28-23(27)19-9-7-18(8-10-19)22(26)16-5-3-2-4-6-16/h2-15H,1H3/t15-/m0/s1. The van der Waals surface area contributed by atoms with Gasteiger partial charge in [-0.3, -0.25) is 9.59 Å². The number of hydrogen-bond acceptors (Lipinski definition) is 4. The molecule has 1 atom stereocenters. The molecule has 0 N–H and O–H groups in total. The van der Waals surface area contributed by atoms with Crippen LogP contribution in [0.2, 0.25) is 0 Å². The van der Waals surface area contributed by atoms with Crippen molar-refractivity contribution < 1.29 is 23.5 Å². The molecule has 0 aliphatic heterocycles. The Morgan fingerprint density at radius 1 is 0.714 bits per heavy atom. The van der Waals surface area contributed by atoms with Crippen LogP contribution in [0.15, 0.2) is 78.9 Å². The zero-order chi connectivity index (χ0) is 20.1. The van der Waals surface area contributed by atoms with Crippen LogP contribution in [-0.2, 0) is 4.74 Å². The van der Waals surface area contributed by atoms with E-state index >= 15 is 0 Å². The Hall–Kier alpha value is -3.60. The summed E-state index contributed by atoms with van der Waals surface area (Å²) in [5.41, 5.74) is 1.48. The van der Waals surface area contributed by atoms with E-state index in [1.807, 2.05) is 6.07 Å². The molecule has 0 radical (unpaired) electrons. The molecule has 0 saturated carbocycles.